The molecule has 27 nitrogen and oxygen atoms in total. The van der Waals surface area contributed by atoms with Crippen LogP contribution in [0.2, 0.25) is 0 Å². The molecule has 0 bridgehead atoms. The Hall–Kier alpha value is -1.98. The summed E-state index contributed by atoms with van der Waals surface area (Å²) >= 11 is 0. The monoisotopic (exact) mass is 1270 g/mol. The predicted molar refractivity (Wildman–Crippen MR) is 301 cm³/mol. The van der Waals surface area contributed by atoms with Crippen LogP contribution in [0.4, 0.5) is 0 Å². The molecule has 0 aromatic rings. The Labute approximate surface area is 515 Å². The Bertz CT molecular complexity index is 2300. The third-order valence-electron chi connectivity index (χ3n) is 22.4. The van der Waals surface area contributed by atoms with Crippen LogP contribution in [0.3, 0.4) is 0 Å². The van der Waals surface area contributed by atoms with E-state index in [-0.39, 0.29) is 54.5 Å². The van der Waals surface area contributed by atoms with E-state index in [1.807, 2.05) is 20.8 Å². The summed E-state index contributed by atoms with van der Waals surface area (Å²) in [4.78, 5) is 25.9. The summed E-state index contributed by atoms with van der Waals surface area (Å²) in [5.74, 6) is -1.25. The molecule has 34 atom stereocenters. The third kappa shape index (κ3) is 12.9. The molecule has 27 heteroatoms. The Balaban J connectivity index is 0.774. The molecule has 0 spiro atoms. The van der Waals surface area contributed by atoms with E-state index in [2.05, 4.69) is 6.92 Å². The van der Waals surface area contributed by atoms with E-state index < -0.39 is 195 Å². The molecule has 9 aliphatic rings. The van der Waals surface area contributed by atoms with Crippen LogP contribution in [0, 0.1) is 34.5 Å². The highest BCUT2D eigenvalue weighted by Gasteiger charge is 2.77. The molecule has 508 valence electrons. The smallest absolute Gasteiger partial charge is 0.309 e. The first-order valence-electron chi connectivity index (χ1n) is 31.8. The number of carbonyl (C=O) groups excluding carboxylic acids is 2. The highest BCUT2D eigenvalue weighted by atomic mass is 16.8. The number of fused-ring (bicyclic) bond motifs is 5. The summed E-state index contributed by atoms with van der Waals surface area (Å²) in [6.45, 7) is 14.6. The Morgan fingerprint density at radius 3 is 1.72 bits per heavy atom. The van der Waals surface area contributed by atoms with Crippen LogP contribution < -0.4 is 0 Å². The van der Waals surface area contributed by atoms with Crippen molar-refractivity contribution in [3.05, 3.63) is 0 Å². The van der Waals surface area contributed by atoms with E-state index in [0.29, 0.717) is 25.7 Å². The molecule has 0 radical (unpaired) electrons. The van der Waals surface area contributed by atoms with Crippen molar-refractivity contribution in [1.82, 2.24) is 0 Å². The minimum atomic E-state index is -1.86. The van der Waals surface area contributed by atoms with Crippen LogP contribution in [-0.4, -0.2) is 268 Å². The van der Waals surface area contributed by atoms with Gasteiger partial charge in [-0.3, -0.25) is 9.59 Å². The normalized spacial score (nSPS) is 51.3. The van der Waals surface area contributed by atoms with Crippen molar-refractivity contribution < 1.29 is 132 Å². The van der Waals surface area contributed by atoms with Crippen LogP contribution in [0.1, 0.15) is 133 Å². The number of methoxy groups -OCH3 is 3. The van der Waals surface area contributed by atoms with Gasteiger partial charge >= 0.3 is 11.9 Å². The molecular weight excluding hydrogens is 1160 g/mol. The first-order chi connectivity index (χ1) is 41.6. The number of aliphatic hydroxyl groups excluding tert-OH is 8. The lowest BCUT2D eigenvalue weighted by atomic mass is 9.42. The standard InChI is InChI=1S/C61H102O27/c1-13-26(2)54(71)80-30(6)60(72)18-19-61(73)34-15-14-32-20-33(16-17-58(32,8)35(34)21-40(59(60,61)9)81-31(7)64)82-41-22-36(74-10)49(27(3)77-41)85-42-23-37(75-11)50(28(4)78-42)86-57-48(70)53(76-12)51(29(5)79-57)87-56-47(69)45(67)52(39(25-63)84-56)88-55-46(68)44(66)43(65)38(24-62)83-55/h26-30,32-53,55-57,62-63,65-70,72-73H,13-25H2,1-12H3/t26-,27+,28+,29+,30-,32-,33-,34+,35-,36-,37-,38+,39+,40+,41+,42-,43+,44-,45+,46+,47+,48+,49+,50+,51+,52+,53+,55-,56-,57-,58-,59+,60+,61-/m0/s1. The maximum Gasteiger partial charge on any atom is 0.309 e. The van der Waals surface area contributed by atoms with Crippen LogP contribution in [0.5, 0.6) is 0 Å². The molecule has 5 aliphatic heterocycles. The van der Waals surface area contributed by atoms with Crippen molar-refractivity contribution in [2.45, 2.75) is 304 Å². The number of carbonyl (C=O) groups is 2. The minimum absolute atomic E-state index is 0.0210. The van der Waals surface area contributed by atoms with Crippen LogP contribution in [0.15, 0.2) is 0 Å². The number of esters is 2. The van der Waals surface area contributed by atoms with E-state index in [4.69, 9.17) is 71.1 Å². The maximum absolute atomic E-state index is 13.1. The first-order valence-corrected chi connectivity index (χ1v) is 31.8. The minimum Gasteiger partial charge on any atom is -0.462 e. The van der Waals surface area contributed by atoms with Crippen LogP contribution in [0.25, 0.3) is 0 Å². The van der Waals surface area contributed by atoms with E-state index in [0.717, 1.165) is 25.7 Å². The highest BCUT2D eigenvalue weighted by molar-refractivity contribution is 5.72. The van der Waals surface area contributed by atoms with E-state index in [1.54, 1.807) is 34.8 Å². The van der Waals surface area contributed by atoms with Crippen molar-refractivity contribution in [2.24, 2.45) is 34.5 Å². The van der Waals surface area contributed by atoms with Crippen molar-refractivity contribution >= 4 is 11.9 Å². The van der Waals surface area contributed by atoms with Gasteiger partial charge in [-0.15, -0.1) is 0 Å². The lowest BCUT2D eigenvalue weighted by Crippen LogP contribution is -2.72. The molecule has 10 N–H and O–H groups in total. The van der Waals surface area contributed by atoms with Gasteiger partial charge in [0, 0.05) is 41.1 Å². The summed E-state index contributed by atoms with van der Waals surface area (Å²) in [5, 5.41) is 111. The van der Waals surface area contributed by atoms with Crippen LogP contribution in [-0.2, 0) is 80.6 Å². The second-order valence-electron chi connectivity index (χ2n) is 27.1. The van der Waals surface area contributed by atoms with Gasteiger partial charge in [0.1, 0.15) is 97.2 Å². The summed E-state index contributed by atoms with van der Waals surface area (Å²) in [6.07, 6.45) is -23.9. The van der Waals surface area contributed by atoms with Crippen LogP contribution >= 0.6 is 0 Å². The van der Waals surface area contributed by atoms with Crippen molar-refractivity contribution in [3.8, 4) is 0 Å². The van der Waals surface area contributed by atoms with Gasteiger partial charge in [0.25, 0.3) is 0 Å². The van der Waals surface area contributed by atoms with E-state index in [9.17, 15) is 60.7 Å². The van der Waals surface area contributed by atoms with Gasteiger partial charge in [0.2, 0.25) is 0 Å². The number of ether oxygens (including phenoxy) is 15. The van der Waals surface area contributed by atoms with Gasteiger partial charge in [0.05, 0.1) is 66.8 Å². The zero-order chi connectivity index (χ0) is 64.3. The topological polar surface area (TPSA) is 375 Å². The molecule has 0 aromatic heterocycles. The van der Waals surface area contributed by atoms with Gasteiger partial charge in [-0.2, -0.15) is 0 Å². The zero-order valence-electron chi connectivity index (χ0n) is 52.9. The fourth-order valence-corrected chi connectivity index (χ4v) is 16.9. The molecule has 4 aliphatic carbocycles. The molecule has 0 aromatic carbocycles. The number of aliphatic hydroxyl groups is 10. The molecular formula is C61H102O27. The fourth-order valence-electron chi connectivity index (χ4n) is 16.9. The highest BCUT2D eigenvalue weighted by Crippen LogP contribution is 2.71. The Morgan fingerprint density at radius 1 is 0.568 bits per heavy atom. The third-order valence-corrected chi connectivity index (χ3v) is 22.4. The molecule has 0 unspecified atom stereocenters. The van der Waals surface area contributed by atoms with Gasteiger partial charge < -0.3 is 122 Å². The SMILES string of the molecule is CC[C@H](C)C(=O)O[C@@H](C)[C@]1(O)CC[C@]2(O)[C@@H]3CC[C@H]4C[C@@H](O[C@@H]5C[C@H](OC)[C@H](O[C@H]6C[C@H](OC)[C@H](O[C@@H]7O[C@H](C)[C@@H](O[C@@H]8O[C@H](CO)[C@@H](O[C@@H]9O[C@H](CO)[C@@H](O)[C@H](O)[C@H]9O)[C@H](O)[C@H]8O)[C@H](OC)[C@H]7O)[C@@H](C)O6)[C@@H](C)O5)CC[C@]4(C)[C@H]3C[C@@H](OC(C)=O)[C@]12C. The number of hydrogen-bond donors (Lipinski definition) is 10. The predicted octanol–water partition coefficient (Wildman–Crippen LogP) is -0.0201. The lowest BCUT2D eigenvalue weighted by molar-refractivity contribution is -0.385. The van der Waals surface area contributed by atoms with Gasteiger partial charge in [-0.1, -0.05) is 27.7 Å². The molecule has 88 heavy (non-hydrogen) atoms. The Kier molecular flexibility index (Phi) is 22.5. The summed E-state index contributed by atoms with van der Waals surface area (Å²) in [7, 11) is 4.46. The van der Waals surface area contributed by atoms with Crippen molar-refractivity contribution in [2.75, 3.05) is 34.5 Å². The quantitative estimate of drug-likeness (QED) is 0.0566. The molecule has 9 fully saturated rings. The van der Waals surface area contributed by atoms with Gasteiger partial charge in [-0.05, 0) is 109 Å². The zero-order valence-corrected chi connectivity index (χ0v) is 52.9. The molecule has 4 saturated carbocycles. The fraction of sp³-hybridized carbons (Fsp3) is 0.967. The number of rotatable bonds is 20. The average Bonchev–Trinajstić information content (AvgIpc) is 1.40. The van der Waals surface area contributed by atoms with Crippen molar-refractivity contribution in [3.63, 3.8) is 0 Å². The van der Waals surface area contributed by atoms with Gasteiger partial charge in [0.15, 0.2) is 31.5 Å². The summed E-state index contributed by atoms with van der Waals surface area (Å²) in [5.41, 5.74) is -4.58. The summed E-state index contributed by atoms with van der Waals surface area (Å²) < 4.78 is 92.1. The summed E-state index contributed by atoms with van der Waals surface area (Å²) in [6, 6.07) is 0. The lowest BCUT2D eigenvalue weighted by Gasteiger charge is -2.66. The molecule has 9 rings (SSSR count). The maximum atomic E-state index is 13.1. The van der Waals surface area contributed by atoms with Gasteiger partial charge in [-0.25, -0.2) is 0 Å². The van der Waals surface area contributed by atoms with Crippen molar-refractivity contribution in [1.29, 1.82) is 0 Å². The average molecular weight is 1270 g/mol. The largest absolute Gasteiger partial charge is 0.462 e. The second-order valence-corrected chi connectivity index (χ2v) is 27.1. The second kappa shape index (κ2) is 28.1. The molecule has 5 heterocycles. The molecule has 0 amide bonds. The van der Waals surface area contributed by atoms with E-state index in [1.165, 1.54) is 21.1 Å². The molecule has 5 saturated heterocycles. The Morgan fingerprint density at radius 2 is 1.12 bits per heavy atom. The first kappa shape index (κ1) is 70.3. The van der Waals surface area contributed by atoms with E-state index >= 15 is 0 Å². The number of hydrogen-bond acceptors (Lipinski definition) is 27.